The molecule has 1 amide bonds. The number of ether oxygens (including phenoxy) is 1. The Morgan fingerprint density at radius 3 is 2.67 bits per heavy atom. The van der Waals surface area contributed by atoms with Gasteiger partial charge in [-0.15, -0.1) is 0 Å². The van der Waals surface area contributed by atoms with Crippen LogP contribution < -0.4 is 5.32 Å². The lowest BCUT2D eigenvalue weighted by Gasteiger charge is -2.12. The topological polar surface area (TPSA) is 72.5 Å². The number of hydrogen-bond donors (Lipinski definition) is 1. The van der Waals surface area contributed by atoms with Crippen LogP contribution >= 0.6 is 0 Å². The Hall–Kier alpha value is -1.40. The minimum absolute atomic E-state index is 0.134. The lowest BCUT2D eigenvalue weighted by Crippen LogP contribution is -2.35. The molecule has 0 saturated heterocycles. The molecule has 6 heteroatoms. The minimum Gasteiger partial charge on any atom is -0.383 e. The summed E-state index contributed by atoms with van der Waals surface area (Å²) in [5.41, 5.74) is 0.320. The first kappa shape index (κ1) is 14.7. The summed E-state index contributed by atoms with van der Waals surface area (Å²) in [6.07, 6.45) is 1.11. The van der Waals surface area contributed by atoms with Crippen molar-refractivity contribution >= 4 is 15.7 Å². The van der Waals surface area contributed by atoms with Crippen LogP contribution in [0.25, 0.3) is 0 Å². The first-order chi connectivity index (χ1) is 8.34. The molecule has 100 valence electrons. The van der Waals surface area contributed by atoms with Crippen molar-refractivity contribution in [3.63, 3.8) is 0 Å². The zero-order valence-electron chi connectivity index (χ0n) is 10.6. The largest absolute Gasteiger partial charge is 0.383 e. The molecule has 0 aromatic heterocycles. The van der Waals surface area contributed by atoms with Crippen LogP contribution in [0, 0.1) is 0 Å². The Labute approximate surface area is 107 Å². The zero-order chi connectivity index (χ0) is 13.8. The molecule has 1 atom stereocenters. The average molecular weight is 271 g/mol. The summed E-state index contributed by atoms with van der Waals surface area (Å²) < 4.78 is 27.7. The second-order valence-corrected chi connectivity index (χ2v) is 6.15. The minimum atomic E-state index is -3.30. The van der Waals surface area contributed by atoms with Crippen molar-refractivity contribution in [1.82, 2.24) is 5.32 Å². The average Bonchev–Trinajstić information content (AvgIpc) is 2.28. The summed E-state index contributed by atoms with van der Waals surface area (Å²) in [6.45, 7) is 2.21. The van der Waals surface area contributed by atoms with E-state index < -0.39 is 9.84 Å². The van der Waals surface area contributed by atoms with Gasteiger partial charge in [-0.1, -0.05) is 6.07 Å². The van der Waals surface area contributed by atoms with Crippen LogP contribution in [0.3, 0.4) is 0 Å². The number of sulfone groups is 1. The molecule has 1 aromatic carbocycles. The van der Waals surface area contributed by atoms with Gasteiger partial charge in [0.25, 0.3) is 5.91 Å². The van der Waals surface area contributed by atoms with Crippen molar-refractivity contribution < 1.29 is 17.9 Å². The second-order valence-electron chi connectivity index (χ2n) is 4.13. The first-order valence-corrected chi connectivity index (χ1v) is 7.33. The van der Waals surface area contributed by atoms with Gasteiger partial charge in [0, 0.05) is 25.0 Å². The van der Waals surface area contributed by atoms with Gasteiger partial charge in [-0.25, -0.2) is 8.42 Å². The molecule has 0 aliphatic rings. The Bertz CT molecular complexity index is 525. The molecule has 0 bridgehead atoms. The summed E-state index contributed by atoms with van der Waals surface area (Å²) in [5.74, 6) is -0.315. The zero-order valence-corrected chi connectivity index (χ0v) is 11.5. The van der Waals surface area contributed by atoms with Gasteiger partial charge in [0.2, 0.25) is 0 Å². The maximum atomic E-state index is 11.8. The molecule has 1 rings (SSSR count). The normalized spacial score (nSPS) is 13.1. The highest BCUT2D eigenvalue weighted by atomic mass is 32.2. The Balaban J connectivity index is 2.87. The van der Waals surface area contributed by atoms with Gasteiger partial charge in [-0.05, 0) is 25.1 Å². The fourth-order valence-corrected chi connectivity index (χ4v) is 2.13. The number of carbonyl (C=O) groups excluding carboxylic acids is 1. The van der Waals surface area contributed by atoms with Crippen LogP contribution in [0.5, 0.6) is 0 Å². The van der Waals surface area contributed by atoms with E-state index in [1.807, 2.05) is 6.92 Å². The van der Waals surface area contributed by atoms with E-state index in [0.717, 1.165) is 6.26 Å². The van der Waals surface area contributed by atoms with Gasteiger partial charge in [0.1, 0.15) is 0 Å². The summed E-state index contributed by atoms with van der Waals surface area (Å²) in [4.78, 5) is 12.0. The van der Waals surface area contributed by atoms with Gasteiger partial charge < -0.3 is 10.1 Å². The number of rotatable bonds is 5. The Kier molecular flexibility index (Phi) is 4.86. The quantitative estimate of drug-likeness (QED) is 0.862. The molecule has 0 heterocycles. The monoisotopic (exact) mass is 271 g/mol. The highest BCUT2D eigenvalue weighted by Gasteiger charge is 2.13. The van der Waals surface area contributed by atoms with Gasteiger partial charge >= 0.3 is 0 Å². The highest BCUT2D eigenvalue weighted by Crippen LogP contribution is 2.11. The van der Waals surface area contributed by atoms with Crippen LogP contribution in [-0.2, 0) is 14.6 Å². The molecule has 1 unspecified atom stereocenters. The van der Waals surface area contributed by atoms with Crippen molar-refractivity contribution in [3.05, 3.63) is 29.8 Å². The first-order valence-electron chi connectivity index (χ1n) is 5.44. The number of carbonyl (C=O) groups is 1. The van der Waals surface area contributed by atoms with E-state index in [-0.39, 0.29) is 16.8 Å². The van der Waals surface area contributed by atoms with Crippen LogP contribution in [0.1, 0.15) is 17.3 Å². The van der Waals surface area contributed by atoms with E-state index >= 15 is 0 Å². The lowest BCUT2D eigenvalue weighted by molar-refractivity contribution is 0.0905. The molecule has 1 aromatic rings. The van der Waals surface area contributed by atoms with E-state index in [4.69, 9.17) is 4.74 Å². The van der Waals surface area contributed by atoms with Gasteiger partial charge in [0.15, 0.2) is 9.84 Å². The van der Waals surface area contributed by atoms with E-state index in [1.54, 1.807) is 19.2 Å². The van der Waals surface area contributed by atoms with E-state index in [0.29, 0.717) is 12.2 Å². The van der Waals surface area contributed by atoms with E-state index in [9.17, 15) is 13.2 Å². The van der Waals surface area contributed by atoms with Crippen LogP contribution in [0.2, 0.25) is 0 Å². The molecule has 0 aliphatic heterocycles. The molecule has 1 N–H and O–H groups in total. The molecular weight excluding hydrogens is 254 g/mol. The number of methoxy groups -OCH3 is 1. The molecule has 0 aliphatic carbocycles. The number of amides is 1. The maximum absolute atomic E-state index is 11.8. The van der Waals surface area contributed by atoms with Crippen LogP contribution in [-0.4, -0.2) is 40.3 Å². The maximum Gasteiger partial charge on any atom is 0.251 e. The SMILES string of the molecule is COCC(C)NC(=O)c1cccc(S(C)(=O)=O)c1. The van der Waals surface area contributed by atoms with Gasteiger partial charge in [0.05, 0.1) is 11.5 Å². The summed E-state index contributed by atoms with van der Waals surface area (Å²) in [6, 6.07) is 5.81. The predicted octanol–water partition coefficient (Wildman–Crippen LogP) is 0.855. The van der Waals surface area contributed by atoms with E-state index in [1.165, 1.54) is 12.1 Å². The van der Waals surface area contributed by atoms with Crippen molar-refractivity contribution in [2.75, 3.05) is 20.0 Å². The van der Waals surface area contributed by atoms with Crippen molar-refractivity contribution in [2.45, 2.75) is 17.9 Å². The highest BCUT2D eigenvalue weighted by molar-refractivity contribution is 7.90. The number of hydrogen-bond acceptors (Lipinski definition) is 4. The standard InChI is InChI=1S/C12H17NO4S/c1-9(8-17-2)13-12(14)10-5-4-6-11(7-10)18(3,15)16/h4-7,9H,8H2,1-3H3,(H,13,14). The van der Waals surface area contributed by atoms with Gasteiger partial charge in [-0.2, -0.15) is 0 Å². The van der Waals surface area contributed by atoms with Crippen molar-refractivity contribution in [1.29, 1.82) is 0 Å². The second kappa shape index (κ2) is 5.97. The third-order valence-electron chi connectivity index (χ3n) is 2.32. The molecule has 0 radical (unpaired) electrons. The molecule has 0 spiro atoms. The molecule has 0 saturated carbocycles. The summed E-state index contributed by atoms with van der Waals surface area (Å²) in [7, 11) is -1.75. The van der Waals surface area contributed by atoms with Crippen molar-refractivity contribution in [3.8, 4) is 0 Å². The third-order valence-corrected chi connectivity index (χ3v) is 3.43. The fourth-order valence-electron chi connectivity index (χ4n) is 1.47. The Morgan fingerprint density at radius 1 is 1.44 bits per heavy atom. The summed E-state index contributed by atoms with van der Waals surface area (Å²) >= 11 is 0. The lowest BCUT2D eigenvalue weighted by atomic mass is 10.2. The molecule has 0 fully saturated rings. The van der Waals surface area contributed by atoms with Crippen molar-refractivity contribution in [2.24, 2.45) is 0 Å². The third kappa shape index (κ3) is 4.12. The predicted molar refractivity (Wildman–Crippen MR) is 68.4 cm³/mol. The van der Waals surface area contributed by atoms with Crippen LogP contribution in [0.4, 0.5) is 0 Å². The molecular formula is C12H17NO4S. The van der Waals surface area contributed by atoms with Gasteiger partial charge in [-0.3, -0.25) is 4.79 Å². The number of nitrogens with one attached hydrogen (secondary N) is 1. The summed E-state index contributed by atoms with van der Waals surface area (Å²) in [5, 5.41) is 2.72. The smallest absolute Gasteiger partial charge is 0.251 e. The fraction of sp³-hybridized carbons (Fsp3) is 0.417. The Morgan fingerprint density at radius 2 is 2.11 bits per heavy atom. The van der Waals surface area contributed by atoms with Crippen LogP contribution in [0.15, 0.2) is 29.2 Å². The molecule has 18 heavy (non-hydrogen) atoms. The molecule has 5 nitrogen and oxygen atoms in total. The number of benzene rings is 1. The van der Waals surface area contributed by atoms with E-state index in [2.05, 4.69) is 5.32 Å².